The van der Waals surface area contributed by atoms with Crippen molar-refractivity contribution < 1.29 is 14.3 Å². The number of alkyl carbamates (subject to hydrolysis) is 1. The first kappa shape index (κ1) is 13.7. The molecule has 1 aliphatic rings. The van der Waals surface area contributed by atoms with Crippen LogP contribution in [0.3, 0.4) is 0 Å². The highest BCUT2D eigenvalue weighted by Gasteiger charge is 2.24. The first-order chi connectivity index (χ1) is 7.92. The van der Waals surface area contributed by atoms with Gasteiger partial charge in [0.25, 0.3) is 0 Å². The van der Waals surface area contributed by atoms with Crippen LogP contribution in [0.2, 0.25) is 0 Å². The highest BCUT2D eigenvalue weighted by Crippen LogP contribution is 2.17. The standard InChI is InChI=1S/C13H21NO3/c1-13(2,3)17-12(16)14-11-8-6-4-5-7-10(11)9-15/h6,8-11H,4-5,7H2,1-3H3,(H,14,16). The Morgan fingerprint density at radius 3 is 2.76 bits per heavy atom. The number of ether oxygens (including phenoxy) is 1. The third kappa shape index (κ3) is 5.02. The maximum absolute atomic E-state index is 11.6. The number of aldehydes is 1. The van der Waals surface area contributed by atoms with Crippen molar-refractivity contribution >= 4 is 12.4 Å². The minimum absolute atomic E-state index is 0.152. The molecule has 0 aromatic rings. The zero-order chi connectivity index (χ0) is 12.9. The summed E-state index contributed by atoms with van der Waals surface area (Å²) in [5, 5.41) is 2.74. The lowest BCUT2D eigenvalue weighted by Crippen LogP contribution is -2.42. The minimum atomic E-state index is -0.519. The average Bonchev–Trinajstić information content (AvgIpc) is 2.39. The van der Waals surface area contributed by atoms with E-state index in [0.717, 1.165) is 25.5 Å². The lowest BCUT2D eigenvalue weighted by Gasteiger charge is -2.24. The Bertz CT molecular complexity index is 304. The van der Waals surface area contributed by atoms with Crippen LogP contribution in [0, 0.1) is 5.92 Å². The molecule has 0 heterocycles. The van der Waals surface area contributed by atoms with Crippen LogP contribution in [-0.4, -0.2) is 24.0 Å². The SMILES string of the molecule is CC(C)(C)OC(=O)NC1C=CCCCC1C=O. The van der Waals surface area contributed by atoms with Crippen molar-refractivity contribution in [2.75, 3.05) is 0 Å². The molecule has 0 bridgehead atoms. The van der Waals surface area contributed by atoms with Gasteiger partial charge >= 0.3 is 6.09 Å². The van der Waals surface area contributed by atoms with Gasteiger partial charge in [0.1, 0.15) is 11.9 Å². The maximum atomic E-state index is 11.6. The summed E-state index contributed by atoms with van der Waals surface area (Å²) in [5.74, 6) is -0.152. The molecule has 0 radical (unpaired) electrons. The first-order valence-corrected chi connectivity index (χ1v) is 6.04. The molecule has 17 heavy (non-hydrogen) atoms. The molecular weight excluding hydrogens is 218 g/mol. The smallest absolute Gasteiger partial charge is 0.408 e. The lowest BCUT2D eigenvalue weighted by atomic mass is 9.98. The molecule has 0 aliphatic heterocycles. The molecule has 2 atom stereocenters. The van der Waals surface area contributed by atoms with Crippen LogP contribution in [0.4, 0.5) is 4.79 Å². The predicted molar refractivity (Wildman–Crippen MR) is 65.7 cm³/mol. The summed E-state index contributed by atoms with van der Waals surface area (Å²) < 4.78 is 5.17. The van der Waals surface area contributed by atoms with E-state index in [-0.39, 0.29) is 12.0 Å². The van der Waals surface area contributed by atoms with Gasteiger partial charge < -0.3 is 14.8 Å². The van der Waals surface area contributed by atoms with Crippen LogP contribution in [0.1, 0.15) is 40.0 Å². The number of carbonyl (C=O) groups is 2. The van der Waals surface area contributed by atoms with Crippen molar-refractivity contribution in [1.82, 2.24) is 5.32 Å². The first-order valence-electron chi connectivity index (χ1n) is 6.04. The molecule has 0 fully saturated rings. The van der Waals surface area contributed by atoms with Gasteiger partial charge in [-0.05, 0) is 40.0 Å². The second kappa shape index (κ2) is 5.84. The van der Waals surface area contributed by atoms with Gasteiger partial charge in [0.05, 0.1) is 6.04 Å². The van der Waals surface area contributed by atoms with Crippen molar-refractivity contribution in [2.24, 2.45) is 5.92 Å². The Morgan fingerprint density at radius 2 is 2.18 bits per heavy atom. The molecule has 96 valence electrons. The second-order valence-electron chi connectivity index (χ2n) is 5.33. The third-order valence-corrected chi connectivity index (χ3v) is 2.57. The minimum Gasteiger partial charge on any atom is -0.444 e. The van der Waals surface area contributed by atoms with Crippen molar-refractivity contribution in [1.29, 1.82) is 0 Å². The average molecular weight is 239 g/mol. The van der Waals surface area contributed by atoms with E-state index in [1.165, 1.54) is 0 Å². The Morgan fingerprint density at radius 1 is 1.47 bits per heavy atom. The Labute approximate surface area is 102 Å². The number of amides is 1. The third-order valence-electron chi connectivity index (χ3n) is 2.57. The Balaban J connectivity index is 2.58. The van der Waals surface area contributed by atoms with Crippen LogP contribution in [0.25, 0.3) is 0 Å². The van der Waals surface area contributed by atoms with Crippen molar-refractivity contribution in [3.8, 4) is 0 Å². The quantitative estimate of drug-likeness (QED) is 0.595. The number of rotatable bonds is 2. The summed E-state index contributed by atoms with van der Waals surface area (Å²) in [4.78, 5) is 22.6. The summed E-state index contributed by atoms with van der Waals surface area (Å²) in [6, 6.07) is -0.246. The molecule has 0 saturated heterocycles. The number of hydrogen-bond acceptors (Lipinski definition) is 3. The summed E-state index contributed by atoms with van der Waals surface area (Å²) >= 11 is 0. The van der Waals surface area contributed by atoms with Crippen molar-refractivity contribution in [3.05, 3.63) is 12.2 Å². The van der Waals surface area contributed by atoms with E-state index in [4.69, 9.17) is 4.74 Å². The van der Waals surface area contributed by atoms with Gasteiger partial charge in [0.15, 0.2) is 0 Å². The topological polar surface area (TPSA) is 55.4 Å². The fraction of sp³-hybridized carbons (Fsp3) is 0.692. The van der Waals surface area contributed by atoms with E-state index < -0.39 is 11.7 Å². The van der Waals surface area contributed by atoms with Crippen LogP contribution < -0.4 is 5.32 Å². The molecule has 0 aromatic heterocycles. The van der Waals surface area contributed by atoms with E-state index in [1.54, 1.807) is 0 Å². The maximum Gasteiger partial charge on any atom is 0.408 e. The van der Waals surface area contributed by atoms with Gasteiger partial charge in [0, 0.05) is 5.92 Å². The predicted octanol–water partition coefficient (Wildman–Crippen LogP) is 2.43. The molecule has 0 saturated carbocycles. The molecule has 1 rings (SSSR count). The molecule has 1 aliphatic carbocycles. The van der Waals surface area contributed by atoms with Gasteiger partial charge in [-0.25, -0.2) is 4.79 Å². The van der Waals surface area contributed by atoms with E-state index >= 15 is 0 Å². The molecule has 1 amide bonds. The largest absolute Gasteiger partial charge is 0.444 e. The fourth-order valence-corrected chi connectivity index (χ4v) is 1.79. The molecule has 0 aromatic carbocycles. The zero-order valence-corrected chi connectivity index (χ0v) is 10.7. The molecule has 4 nitrogen and oxygen atoms in total. The van der Waals surface area contributed by atoms with Crippen LogP contribution in [0.5, 0.6) is 0 Å². The Kier molecular flexibility index (Phi) is 4.73. The second-order valence-corrected chi connectivity index (χ2v) is 5.33. The van der Waals surface area contributed by atoms with Crippen molar-refractivity contribution in [3.63, 3.8) is 0 Å². The monoisotopic (exact) mass is 239 g/mol. The number of allylic oxidation sites excluding steroid dienone is 1. The Hall–Kier alpha value is -1.32. The molecular formula is C13H21NO3. The molecule has 4 heteroatoms. The van der Waals surface area contributed by atoms with Gasteiger partial charge in [-0.2, -0.15) is 0 Å². The van der Waals surface area contributed by atoms with Gasteiger partial charge in [-0.3, -0.25) is 0 Å². The lowest BCUT2D eigenvalue weighted by molar-refractivity contribution is -0.111. The number of carbonyl (C=O) groups excluding carboxylic acids is 2. The van der Waals surface area contributed by atoms with E-state index in [0.29, 0.717) is 0 Å². The van der Waals surface area contributed by atoms with E-state index in [2.05, 4.69) is 5.32 Å². The fourth-order valence-electron chi connectivity index (χ4n) is 1.79. The molecule has 2 unspecified atom stereocenters. The highest BCUT2D eigenvalue weighted by atomic mass is 16.6. The highest BCUT2D eigenvalue weighted by molar-refractivity contribution is 5.69. The van der Waals surface area contributed by atoms with Gasteiger partial charge in [-0.15, -0.1) is 0 Å². The van der Waals surface area contributed by atoms with Crippen LogP contribution in [-0.2, 0) is 9.53 Å². The summed E-state index contributed by atoms with van der Waals surface area (Å²) in [7, 11) is 0. The summed E-state index contributed by atoms with van der Waals surface area (Å²) in [5.41, 5.74) is -0.519. The number of hydrogen-bond donors (Lipinski definition) is 1. The van der Waals surface area contributed by atoms with E-state index in [1.807, 2.05) is 32.9 Å². The number of nitrogens with one attached hydrogen (secondary N) is 1. The van der Waals surface area contributed by atoms with Crippen LogP contribution in [0.15, 0.2) is 12.2 Å². The van der Waals surface area contributed by atoms with Gasteiger partial charge in [-0.1, -0.05) is 12.2 Å². The summed E-state index contributed by atoms with van der Waals surface area (Å²) in [6.45, 7) is 5.44. The van der Waals surface area contributed by atoms with Crippen molar-refractivity contribution in [2.45, 2.75) is 51.7 Å². The normalized spacial score (nSPS) is 24.9. The zero-order valence-electron chi connectivity index (χ0n) is 10.7. The van der Waals surface area contributed by atoms with Crippen LogP contribution >= 0.6 is 0 Å². The van der Waals surface area contributed by atoms with E-state index in [9.17, 15) is 9.59 Å². The molecule has 0 spiro atoms. The summed E-state index contributed by atoms with van der Waals surface area (Å²) in [6.07, 6.45) is 7.07. The van der Waals surface area contributed by atoms with Gasteiger partial charge in [0.2, 0.25) is 0 Å². The molecule has 1 N–H and O–H groups in total.